The Kier molecular flexibility index (Phi) is 8.21. The van der Waals surface area contributed by atoms with Crippen molar-refractivity contribution in [2.45, 2.75) is 17.4 Å². The molecule has 222 valence electrons. The number of anilines is 1. The van der Waals surface area contributed by atoms with Crippen molar-refractivity contribution in [2.24, 2.45) is 0 Å². The van der Waals surface area contributed by atoms with Gasteiger partial charge in [-0.25, -0.2) is 13.2 Å². The SMILES string of the molecule is CCOc1ccccc1C1(OC(=O)Oc2ccccc2)C(=O)N(S(=O)(=O)c2ccc(OC)cc2OC)c2ccc(Cl)cc21. The fourth-order valence-corrected chi connectivity index (χ4v) is 6.61. The topological polar surface area (TPSA) is 118 Å². The Balaban J connectivity index is 1.76. The van der Waals surface area contributed by atoms with Crippen molar-refractivity contribution in [1.82, 2.24) is 0 Å². The first-order valence-electron chi connectivity index (χ1n) is 13.0. The van der Waals surface area contributed by atoms with Crippen molar-refractivity contribution in [3.05, 3.63) is 107 Å². The van der Waals surface area contributed by atoms with Gasteiger partial charge in [-0.1, -0.05) is 48.0 Å². The number of nitrogens with zero attached hydrogens (tertiary/aromatic N) is 1. The summed E-state index contributed by atoms with van der Waals surface area (Å²) in [5, 5.41) is 0.158. The van der Waals surface area contributed by atoms with Gasteiger partial charge < -0.3 is 23.7 Å². The van der Waals surface area contributed by atoms with Gasteiger partial charge in [0.2, 0.25) is 0 Å². The predicted molar refractivity (Wildman–Crippen MR) is 158 cm³/mol. The number of rotatable bonds is 9. The third-order valence-corrected chi connectivity index (χ3v) is 8.65. The van der Waals surface area contributed by atoms with E-state index in [4.69, 9.17) is 35.3 Å². The predicted octanol–water partition coefficient (Wildman–Crippen LogP) is 5.95. The minimum Gasteiger partial charge on any atom is -0.497 e. The van der Waals surface area contributed by atoms with E-state index in [1.807, 2.05) is 0 Å². The molecule has 0 saturated heterocycles. The molecule has 0 bridgehead atoms. The average molecular weight is 624 g/mol. The number of fused-ring (bicyclic) bond motifs is 1. The summed E-state index contributed by atoms with van der Waals surface area (Å²) in [5.41, 5.74) is -2.43. The van der Waals surface area contributed by atoms with E-state index in [2.05, 4.69) is 0 Å². The van der Waals surface area contributed by atoms with E-state index < -0.39 is 27.7 Å². The highest BCUT2D eigenvalue weighted by molar-refractivity contribution is 7.93. The van der Waals surface area contributed by atoms with Crippen molar-refractivity contribution in [2.75, 3.05) is 25.1 Å². The molecule has 1 aliphatic rings. The van der Waals surface area contributed by atoms with Crippen molar-refractivity contribution < 1.29 is 41.7 Å². The molecule has 4 aromatic carbocycles. The zero-order valence-electron chi connectivity index (χ0n) is 23.3. The molecule has 10 nitrogen and oxygen atoms in total. The molecule has 0 fully saturated rings. The maximum absolute atomic E-state index is 14.7. The van der Waals surface area contributed by atoms with Crippen LogP contribution in [0.15, 0.2) is 95.9 Å². The molecular weight excluding hydrogens is 598 g/mol. The van der Waals surface area contributed by atoms with Crippen LogP contribution >= 0.6 is 11.6 Å². The standard InChI is InChI=1S/C31H26ClNO9S/c1-4-40-26-13-9-8-12-23(26)31(42-30(35)41-21-10-6-5-7-11-21)24-18-20(32)14-16-25(24)33(29(31)34)43(36,37)28-17-15-22(38-2)19-27(28)39-3/h5-19H,4H2,1-3H3. The van der Waals surface area contributed by atoms with Gasteiger partial charge in [0.15, 0.2) is 0 Å². The molecular formula is C31H26ClNO9S. The lowest BCUT2D eigenvalue weighted by atomic mass is 9.86. The van der Waals surface area contributed by atoms with E-state index in [9.17, 15) is 18.0 Å². The van der Waals surface area contributed by atoms with Gasteiger partial charge in [-0.05, 0) is 55.5 Å². The highest BCUT2D eigenvalue weighted by Gasteiger charge is 2.61. The zero-order chi connectivity index (χ0) is 30.8. The Labute approximate surface area is 253 Å². The van der Waals surface area contributed by atoms with E-state index in [-0.39, 0.29) is 50.6 Å². The van der Waals surface area contributed by atoms with Crippen LogP contribution in [0, 0.1) is 0 Å². The Morgan fingerprint density at radius 2 is 1.56 bits per heavy atom. The summed E-state index contributed by atoms with van der Waals surface area (Å²) in [7, 11) is -1.98. The fourth-order valence-electron chi connectivity index (χ4n) is 4.84. The van der Waals surface area contributed by atoms with Gasteiger partial charge >= 0.3 is 6.16 Å². The van der Waals surface area contributed by atoms with Crippen LogP contribution in [0.2, 0.25) is 5.02 Å². The van der Waals surface area contributed by atoms with E-state index in [0.717, 1.165) is 0 Å². The molecule has 1 unspecified atom stereocenters. The van der Waals surface area contributed by atoms with Gasteiger partial charge in [0.25, 0.3) is 21.5 Å². The number of sulfonamides is 1. The second kappa shape index (κ2) is 11.9. The minimum absolute atomic E-state index is 0.0155. The second-order valence-corrected chi connectivity index (χ2v) is 11.3. The number of hydrogen-bond acceptors (Lipinski definition) is 9. The number of amides is 1. The van der Waals surface area contributed by atoms with Crippen LogP contribution in [0.4, 0.5) is 10.5 Å². The van der Waals surface area contributed by atoms with Crippen molar-refractivity contribution in [1.29, 1.82) is 0 Å². The quantitative estimate of drug-likeness (QED) is 0.165. The van der Waals surface area contributed by atoms with Crippen LogP contribution in [-0.2, 0) is 25.2 Å². The molecule has 0 N–H and O–H groups in total. The first kappa shape index (κ1) is 29.7. The lowest BCUT2D eigenvalue weighted by Gasteiger charge is -2.30. The van der Waals surface area contributed by atoms with Crippen LogP contribution in [0.25, 0.3) is 0 Å². The van der Waals surface area contributed by atoms with Crippen molar-refractivity contribution in [3.63, 3.8) is 0 Å². The average Bonchev–Trinajstić information content (AvgIpc) is 3.25. The minimum atomic E-state index is -4.69. The zero-order valence-corrected chi connectivity index (χ0v) is 24.8. The van der Waals surface area contributed by atoms with Gasteiger partial charge in [0.1, 0.15) is 27.9 Å². The summed E-state index contributed by atoms with van der Waals surface area (Å²) in [5.74, 6) is -0.537. The van der Waals surface area contributed by atoms with E-state index in [1.165, 1.54) is 68.8 Å². The number of benzene rings is 4. The lowest BCUT2D eigenvalue weighted by Crippen LogP contribution is -2.47. The number of para-hydroxylation sites is 2. The van der Waals surface area contributed by atoms with Crippen LogP contribution in [-0.4, -0.2) is 41.3 Å². The third kappa shape index (κ3) is 5.21. The molecule has 1 aliphatic heterocycles. The summed E-state index contributed by atoms with van der Waals surface area (Å²) in [6, 6.07) is 22.6. The Morgan fingerprint density at radius 1 is 0.837 bits per heavy atom. The molecule has 0 saturated carbocycles. The summed E-state index contributed by atoms with van der Waals surface area (Å²) in [6.45, 7) is 1.94. The fraction of sp³-hybridized carbons (Fsp3) is 0.161. The highest BCUT2D eigenvalue weighted by Crippen LogP contribution is 2.52. The molecule has 0 aromatic heterocycles. The van der Waals surface area contributed by atoms with E-state index in [0.29, 0.717) is 10.1 Å². The number of carbonyl (C=O) groups excluding carboxylic acids is 2. The molecule has 0 spiro atoms. The molecule has 5 rings (SSSR count). The molecule has 0 aliphatic carbocycles. The van der Waals surface area contributed by atoms with Gasteiger partial charge in [-0.3, -0.25) is 4.79 Å². The Bertz CT molecular complexity index is 1800. The van der Waals surface area contributed by atoms with Crippen LogP contribution < -0.4 is 23.3 Å². The Morgan fingerprint density at radius 3 is 2.26 bits per heavy atom. The third-order valence-electron chi connectivity index (χ3n) is 6.68. The molecule has 1 atom stereocenters. The maximum atomic E-state index is 14.7. The van der Waals surface area contributed by atoms with Crippen molar-refractivity contribution >= 4 is 39.4 Å². The van der Waals surface area contributed by atoms with Gasteiger partial charge in [0.05, 0.1) is 32.1 Å². The van der Waals surface area contributed by atoms with Crippen LogP contribution in [0.1, 0.15) is 18.1 Å². The van der Waals surface area contributed by atoms with Crippen molar-refractivity contribution in [3.8, 4) is 23.0 Å². The molecule has 12 heteroatoms. The summed E-state index contributed by atoms with van der Waals surface area (Å²) in [4.78, 5) is 27.8. The lowest BCUT2D eigenvalue weighted by molar-refractivity contribution is -0.132. The Hall–Kier alpha value is -4.74. The normalized spacial score (nSPS) is 15.9. The van der Waals surface area contributed by atoms with Gasteiger partial charge in [0, 0.05) is 16.7 Å². The van der Waals surface area contributed by atoms with E-state index >= 15 is 0 Å². The molecule has 1 heterocycles. The molecule has 43 heavy (non-hydrogen) atoms. The first-order chi connectivity index (χ1) is 20.7. The molecule has 4 aromatic rings. The smallest absolute Gasteiger partial charge is 0.497 e. The second-order valence-electron chi connectivity index (χ2n) is 9.13. The largest absolute Gasteiger partial charge is 0.515 e. The maximum Gasteiger partial charge on any atom is 0.515 e. The summed E-state index contributed by atoms with van der Waals surface area (Å²) < 4.78 is 56.9. The number of ether oxygens (including phenoxy) is 5. The number of halogens is 1. The molecule has 1 amide bonds. The van der Waals surface area contributed by atoms with Gasteiger partial charge in [-0.2, -0.15) is 4.31 Å². The number of methoxy groups -OCH3 is 2. The summed E-state index contributed by atoms with van der Waals surface area (Å²) >= 11 is 6.40. The van der Waals surface area contributed by atoms with Crippen LogP contribution in [0.3, 0.4) is 0 Å². The monoisotopic (exact) mass is 623 g/mol. The number of carbonyl (C=O) groups is 2. The van der Waals surface area contributed by atoms with Gasteiger partial charge in [-0.15, -0.1) is 0 Å². The van der Waals surface area contributed by atoms with E-state index in [1.54, 1.807) is 43.3 Å². The number of hydrogen-bond donors (Lipinski definition) is 0. The molecule has 0 radical (unpaired) electrons. The highest BCUT2D eigenvalue weighted by atomic mass is 35.5. The first-order valence-corrected chi connectivity index (χ1v) is 14.8. The van der Waals surface area contributed by atoms with Crippen LogP contribution in [0.5, 0.6) is 23.0 Å². The summed E-state index contributed by atoms with van der Waals surface area (Å²) in [6.07, 6.45) is -1.27.